The highest BCUT2D eigenvalue weighted by atomic mass is 31.2. The van der Waals surface area contributed by atoms with Crippen molar-refractivity contribution in [2.45, 2.75) is 136 Å². The Morgan fingerprint density at radius 2 is 1.28 bits per heavy atom. The van der Waals surface area contributed by atoms with Gasteiger partial charge in [0.25, 0.3) is 0 Å². The zero-order valence-corrected chi connectivity index (χ0v) is 25.4. The number of unbranched alkanes of at least 4 members (excludes halogenated alkanes) is 15. The fraction of sp³-hybridized carbons (Fsp3) is 0.929. The average Bonchev–Trinajstić information content (AvgIpc) is 2.87. The number of ether oxygens (including phenoxy) is 3. The fourth-order valence-electron chi connectivity index (χ4n) is 4.07. The molecule has 0 rings (SSSR count). The van der Waals surface area contributed by atoms with Gasteiger partial charge in [-0.15, -0.1) is 0 Å². The molecule has 0 radical (unpaired) electrons. The highest BCUT2D eigenvalue weighted by Crippen LogP contribution is 2.35. The minimum Gasteiger partial charge on any atom is -0.457 e. The molecule has 0 aliphatic carbocycles. The molecule has 0 spiro atoms. The lowest BCUT2D eigenvalue weighted by molar-refractivity contribution is -0.158. The molecule has 0 aromatic rings. The minimum atomic E-state index is -4.67. The van der Waals surface area contributed by atoms with Crippen molar-refractivity contribution in [3.63, 3.8) is 0 Å². The monoisotopic (exact) mass is 581 g/mol. The first-order valence-electron chi connectivity index (χ1n) is 15.0. The van der Waals surface area contributed by atoms with Crippen LogP contribution in [0.25, 0.3) is 0 Å². The second kappa shape index (κ2) is 27.2. The van der Waals surface area contributed by atoms with E-state index in [9.17, 15) is 14.2 Å². The van der Waals surface area contributed by atoms with Crippen LogP contribution in [0.2, 0.25) is 0 Å². The van der Waals surface area contributed by atoms with Gasteiger partial charge in [-0.25, -0.2) is 4.57 Å². The summed E-state index contributed by atoms with van der Waals surface area (Å²) < 4.78 is 31.8. The van der Waals surface area contributed by atoms with Crippen molar-refractivity contribution in [2.24, 2.45) is 0 Å². The Morgan fingerprint density at radius 3 is 1.85 bits per heavy atom. The standard InChI is InChI=1S/C28H56NO9P/c1-3-4-5-6-11-14-17-20-28(31)38-27(24-37-39(32,33)34)23-36-25-35-22-19-16-13-10-8-7-9-12-15-18-21-29-26(2)30/h27H,3-25H2,1-2H3,(H,29,30)(H2,32,33,34)/t27-/m0/s1. The van der Waals surface area contributed by atoms with Crippen LogP contribution in [0, 0.1) is 0 Å². The second-order valence-electron chi connectivity index (χ2n) is 10.2. The molecule has 3 N–H and O–H groups in total. The first-order chi connectivity index (χ1) is 18.7. The van der Waals surface area contributed by atoms with Gasteiger partial charge in [-0.2, -0.15) is 0 Å². The molecule has 10 nitrogen and oxygen atoms in total. The topological polar surface area (TPSA) is 141 Å². The van der Waals surface area contributed by atoms with Crippen molar-refractivity contribution in [1.29, 1.82) is 0 Å². The molecule has 0 heterocycles. The Balaban J connectivity index is 3.77. The Hall–Kier alpha value is -1.03. The molecule has 0 aromatic heterocycles. The Labute approximate surface area is 236 Å². The maximum Gasteiger partial charge on any atom is 0.469 e. The summed E-state index contributed by atoms with van der Waals surface area (Å²) in [5.41, 5.74) is 0. The van der Waals surface area contributed by atoms with Crippen molar-refractivity contribution in [3.8, 4) is 0 Å². The van der Waals surface area contributed by atoms with Crippen LogP contribution < -0.4 is 5.32 Å². The van der Waals surface area contributed by atoms with Gasteiger partial charge < -0.3 is 29.3 Å². The van der Waals surface area contributed by atoms with E-state index in [0.717, 1.165) is 45.1 Å². The van der Waals surface area contributed by atoms with Crippen LogP contribution in [0.15, 0.2) is 0 Å². The summed E-state index contributed by atoms with van der Waals surface area (Å²) in [5.74, 6) is -0.381. The summed E-state index contributed by atoms with van der Waals surface area (Å²) in [7, 11) is -4.67. The molecule has 0 aliphatic heterocycles. The zero-order chi connectivity index (χ0) is 29.0. The van der Waals surface area contributed by atoms with E-state index in [4.69, 9.17) is 24.0 Å². The molecule has 0 fully saturated rings. The van der Waals surface area contributed by atoms with Crippen LogP contribution in [0.1, 0.15) is 129 Å². The first-order valence-corrected chi connectivity index (χ1v) is 16.6. The third-order valence-corrected chi connectivity index (χ3v) is 6.76. The molecule has 232 valence electrons. The summed E-state index contributed by atoms with van der Waals surface area (Å²) in [6.45, 7) is 4.58. The highest BCUT2D eigenvalue weighted by Gasteiger charge is 2.21. The number of carbonyl (C=O) groups excluding carboxylic acids is 2. The van der Waals surface area contributed by atoms with Crippen LogP contribution in [-0.2, 0) is 32.9 Å². The summed E-state index contributed by atoms with van der Waals surface area (Å²) in [6.07, 6.45) is 18.5. The van der Waals surface area contributed by atoms with Gasteiger partial charge in [0.05, 0.1) is 13.2 Å². The van der Waals surface area contributed by atoms with E-state index in [1.807, 2.05) is 0 Å². The summed E-state index contributed by atoms with van der Waals surface area (Å²) >= 11 is 0. The predicted molar refractivity (Wildman–Crippen MR) is 152 cm³/mol. The fourth-order valence-corrected chi connectivity index (χ4v) is 4.43. The van der Waals surface area contributed by atoms with Gasteiger partial charge in [-0.1, -0.05) is 96.8 Å². The number of phosphoric ester groups is 1. The molecule has 1 amide bonds. The van der Waals surface area contributed by atoms with E-state index in [0.29, 0.717) is 6.61 Å². The van der Waals surface area contributed by atoms with Crippen LogP contribution in [0.5, 0.6) is 0 Å². The Kier molecular flexibility index (Phi) is 26.4. The number of carbonyl (C=O) groups is 2. The molecule has 0 aliphatic rings. The molecule has 0 saturated carbocycles. The predicted octanol–water partition coefficient (Wildman–Crippen LogP) is 6.18. The molecular formula is C28H56NO9P. The minimum absolute atomic E-state index is 0.0175. The largest absolute Gasteiger partial charge is 0.469 e. The van der Waals surface area contributed by atoms with Gasteiger partial charge in [0.15, 0.2) is 0 Å². The van der Waals surface area contributed by atoms with Gasteiger partial charge in [-0.3, -0.25) is 14.1 Å². The Bertz CT molecular complexity index is 630. The summed E-state index contributed by atoms with van der Waals surface area (Å²) in [4.78, 5) is 40.8. The number of nitrogens with one attached hydrogen (secondary N) is 1. The number of rotatable bonds is 29. The number of amides is 1. The number of phosphoric acid groups is 1. The molecular weight excluding hydrogens is 525 g/mol. The Morgan fingerprint density at radius 1 is 0.744 bits per heavy atom. The average molecular weight is 582 g/mol. The zero-order valence-electron chi connectivity index (χ0n) is 24.5. The maximum atomic E-state index is 12.1. The van der Waals surface area contributed by atoms with E-state index < -0.39 is 26.5 Å². The number of hydrogen-bond donors (Lipinski definition) is 3. The maximum absolute atomic E-state index is 12.1. The van der Waals surface area contributed by atoms with Crippen LogP contribution in [-0.4, -0.2) is 60.9 Å². The quantitative estimate of drug-likeness (QED) is 0.0409. The molecule has 0 bridgehead atoms. The van der Waals surface area contributed by atoms with Crippen LogP contribution >= 0.6 is 7.82 Å². The normalized spacial score (nSPS) is 12.4. The van der Waals surface area contributed by atoms with Crippen molar-refractivity contribution in [1.82, 2.24) is 5.32 Å². The van der Waals surface area contributed by atoms with E-state index in [2.05, 4.69) is 16.8 Å². The summed E-state index contributed by atoms with van der Waals surface area (Å²) in [6, 6.07) is 0. The van der Waals surface area contributed by atoms with E-state index >= 15 is 0 Å². The van der Waals surface area contributed by atoms with Gasteiger partial charge in [-0.05, 0) is 19.3 Å². The molecule has 39 heavy (non-hydrogen) atoms. The van der Waals surface area contributed by atoms with Gasteiger partial charge in [0.1, 0.15) is 12.9 Å². The number of hydrogen-bond acceptors (Lipinski definition) is 7. The second-order valence-corrected chi connectivity index (χ2v) is 11.4. The summed E-state index contributed by atoms with van der Waals surface area (Å²) in [5, 5.41) is 2.82. The molecule has 0 saturated heterocycles. The SMILES string of the molecule is CCCCCCCCCC(=O)O[C@@H](COCOCCCCCCCCCCCCNC(C)=O)COP(=O)(O)O. The van der Waals surface area contributed by atoms with Crippen molar-refractivity contribution < 1.29 is 42.7 Å². The van der Waals surface area contributed by atoms with E-state index in [-0.39, 0.29) is 25.7 Å². The highest BCUT2D eigenvalue weighted by molar-refractivity contribution is 7.46. The van der Waals surface area contributed by atoms with Crippen molar-refractivity contribution in [2.75, 3.05) is 33.2 Å². The van der Waals surface area contributed by atoms with Gasteiger partial charge in [0.2, 0.25) is 5.91 Å². The van der Waals surface area contributed by atoms with Crippen LogP contribution in [0.4, 0.5) is 0 Å². The third-order valence-electron chi connectivity index (χ3n) is 6.27. The van der Waals surface area contributed by atoms with Gasteiger partial charge in [0, 0.05) is 26.5 Å². The molecule has 11 heteroatoms. The lowest BCUT2D eigenvalue weighted by Gasteiger charge is -2.18. The lowest BCUT2D eigenvalue weighted by atomic mass is 10.1. The van der Waals surface area contributed by atoms with E-state index in [1.165, 1.54) is 70.6 Å². The van der Waals surface area contributed by atoms with E-state index in [1.54, 1.807) is 6.92 Å². The number of esters is 1. The van der Waals surface area contributed by atoms with Crippen molar-refractivity contribution >= 4 is 19.7 Å². The first kappa shape index (κ1) is 38.0. The van der Waals surface area contributed by atoms with Crippen molar-refractivity contribution in [3.05, 3.63) is 0 Å². The lowest BCUT2D eigenvalue weighted by Crippen LogP contribution is -2.28. The molecule has 0 unspecified atom stereocenters. The molecule has 0 aromatic carbocycles. The van der Waals surface area contributed by atoms with Crippen LogP contribution in [0.3, 0.4) is 0 Å². The third kappa shape index (κ3) is 31.4. The smallest absolute Gasteiger partial charge is 0.457 e. The van der Waals surface area contributed by atoms with Gasteiger partial charge >= 0.3 is 13.8 Å². The molecule has 1 atom stereocenters.